The van der Waals surface area contributed by atoms with Crippen molar-refractivity contribution in [2.75, 3.05) is 53.2 Å². The van der Waals surface area contributed by atoms with Crippen molar-refractivity contribution < 1.29 is 19.0 Å². The van der Waals surface area contributed by atoms with Crippen molar-refractivity contribution in [3.63, 3.8) is 0 Å². The van der Waals surface area contributed by atoms with Crippen molar-refractivity contribution in [1.29, 1.82) is 0 Å². The Labute approximate surface area is 169 Å². The molecule has 0 aliphatic carbocycles. The summed E-state index contributed by atoms with van der Waals surface area (Å²) >= 11 is 0. The molecule has 1 aromatic rings. The average Bonchev–Trinajstić information content (AvgIpc) is 2.70. The van der Waals surface area contributed by atoms with E-state index in [0.29, 0.717) is 39.6 Å². The summed E-state index contributed by atoms with van der Waals surface area (Å²) in [6.45, 7) is 7.56. The van der Waals surface area contributed by atoms with Crippen LogP contribution < -0.4 is 5.32 Å². The number of methoxy groups -OCH3 is 1. The fourth-order valence-electron chi connectivity index (χ4n) is 3.49. The van der Waals surface area contributed by atoms with E-state index in [1.165, 1.54) is 11.1 Å². The average molecular weight is 393 g/mol. The number of hydrogen-bond acceptors (Lipinski definition) is 5. The van der Waals surface area contributed by atoms with Crippen molar-refractivity contribution in [3.05, 3.63) is 35.4 Å². The number of amides is 1. The summed E-state index contributed by atoms with van der Waals surface area (Å²) in [6.07, 6.45) is 4.03. The second kappa shape index (κ2) is 13.7. The van der Waals surface area contributed by atoms with Crippen molar-refractivity contribution in [2.24, 2.45) is 0 Å². The molecule has 1 aliphatic heterocycles. The molecule has 1 unspecified atom stereocenters. The number of piperidine rings is 1. The Balaban J connectivity index is 1.63. The molecule has 1 saturated heterocycles. The van der Waals surface area contributed by atoms with Gasteiger partial charge in [-0.05, 0) is 38.3 Å². The minimum Gasteiger partial charge on any atom is -0.382 e. The summed E-state index contributed by atoms with van der Waals surface area (Å²) in [6, 6.07) is 8.53. The van der Waals surface area contributed by atoms with E-state index >= 15 is 0 Å². The molecule has 0 radical (unpaired) electrons. The van der Waals surface area contributed by atoms with Gasteiger partial charge in [-0.2, -0.15) is 0 Å². The zero-order chi connectivity index (χ0) is 20.0. The van der Waals surface area contributed by atoms with E-state index in [1.54, 1.807) is 7.11 Å². The van der Waals surface area contributed by atoms with Crippen LogP contribution in [-0.2, 0) is 25.5 Å². The lowest BCUT2D eigenvalue weighted by molar-refractivity contribution is -0.127. The molecule has 0 aromatic heterocycles. The molecular weight excluding hydrogens is 356 g/mol. The van der Waals surface area contributed by atoms with Crippen LogP contribution in [0.5, 0.6) is 0 Å². The molecule has 0 saturated carbocycles. The molecule has 2 rings (SSSR count). The van der Waals surface area contributed by atoms with Crippen LogP contribution >= 0.6 is 0 Å². The van der Waals surface area contributed by atoms with E-state index in [-0.39, 0.29) is 11.9 Å². The Morgan fingerprint density at radius 3 is 2.71 bits per heavy atom. The molecular formula is C22H36N2O4. The molecule has 0 spiro atoms. The fourth-order valence-corrected chi connectivity index (χ4v) is 3.49. The first-order valence-electron chi connectivity index (χ1n) is 10.4. The van der Waals surface area contributed by atoms with Crippen molar-refractivity contribution in [2.45, 2.75) is 45.2 Å². The first-order valence-corrected chi connectivity index (χ1v) is 10.4. The van der Waals surface area contributed by atoms with Crippen LogP contribution in [0.4, 0.5) is 0 Å². The van der Waals surface area contributed by atoms with Gasteiger partial charge in [-0.3, -0.25) is 9.69 Å². The number of ether oxygens (including phenoxy) is 3. The van der Waals surface area contributed by atoms with Crippen LogP contribution in [0.1, 0.15) is 36.8 Å². The molecule has 6 nitrogen and oxygen atoms in total. The maximum atomic E-state index is 12.7. The van der Waals surface area contributed by atoms with Gasteiger partial charge in [0.1, 0.15) is 0 Å². The van der Waals surface area contributed by atoms with Crippen LogP contribution in [-0.4, -0.2) is 70.1 Å². The maximum absolute atomic E-state index is 12.7. The number of nitrogens with one attached hydrogen (secondary N) is 1. The summed E-state index contributed by atoms with van der Waals surface area (Å²) in [5.74, 6) is 0.148. The maximum Gasteiger partial charge on any atom is 0.237 e. The third-order valence-corrected chi connectivity index (χ3v) is 4.95. The molecule has 6 heteroatoms. The summed E-state index contributed by atoms with van der Waals surface area (Å²) in [5.41, 5.74) is 2.54. The van der Waals surface area contributed by atoms with Gasteiger partial charge in [-0.25, -0.2) is 0 Å². The topological polar surface area (TPSA) is 60.0 Å². The molecule has 1 fully saturated rings. The lowest BCUT2D eigenvalue weighted by Gasteiger charge is -2.34. The Morgan fingerprint density at radius 2 is 1.93 bits per heavy atom. The molecule has 1 heterocycles. The number of likely N-dealkylation sites (tertiary alicyclic amines) is 1. The van der Waals surface area contributed by atoms with E-state index in [0.717, 1.165) is 38.8 Å². The lowest BCUT2D eigenvalue weighted by atomic mass is 10.00. The molecule has 1 aliphatic rings. The number of aryl methyl sites for hydroxylation is 1. The van der Waals surface area contributed by atoms with E-state index in [1.807, 2.05) is 0 Å². The Bertz CT molecular complexity index is 567. The summed E-state index contributed by atoms with van der Waals surface area (Å²) in [5, 5.41) is 3.09. The molecule has 1 aromatic carbocycles. The number of benzene rings is 1. The van der Waals surface area contributed by atoms with Crippen LogP contribution in [0.3, 0.4) is 0 Å². The van der Waals surface area contributed by atoms with Crippen molar-refractivity contribution >= 4 is 5.91 Å². The van der Waals surface area contributed by atoms with Gasteiger partial charge in [0, 0.05) is 26.8 Å². The van der Waals surface area contributed by atoms with Gasteiger partial charge in [0.25, 0.3) is 0 Å². The van der Waals surface area contributed by atoms with Crippen LogP contribution in [0.2, 0.25) is 0 Å². The Kier molecular flexibility index (Phi) is 11.1. The smallest absolute Gasteiger partial charge is 0.237 e. The number of nitrogens with zero attached hydrogens (tertiary/aromatic N) is 1. The molecule has 28 heavy (non-hydrogen) atoms. The SMILES string of the molecule is COCCOCCOCCCNC(=O)C1CCCCN1Cc1cccc(C)c1. The van der Waals surface area contributed by atoms with Gasteiger partial charge in [-0.1, -0.05) is 36.2 Å². The molecule has 1 atom stereocenters. The number of carbonyl (C=O) groups is 1. The van der Waals surface area contributed by atoms with Crippen molar-refractivity contribution in [3.8, 4) is 0 Å². The van der Waals surface area contributed by atoms with Crippen LogP contribution in [0, 0.1) is 6.92 Å². The molecule has 1 amide bonds. The third kappa shape index (κ3) is 8.69. The van der Waals surface area contributed by atoms with E-state index < -0.39 is 0 Å². The zero-order valence-corrected chi connectivity index (χ0v) is 17.5. The highest BCUT2D eigenvalue weighted by Gasteiger charge is 2.28. The second-order valence-electron chi connectivity index (χ2n) is 7.33. The van der Waals surface area contributed by atoms with Gasteiger partial charge in [0.15, 0.2) is 0 Å². The van der Waals surface area contributed by atoms with E-state index in [2.05, 4.69) is 41.4 Å². The summed E-state index contributed by atoms with van der Waals surface area (Å²) in [4.78, 5) is 15.0. The third-order valence-electron chi connectivity index (χ3n) is 4.95. The largest absolute Gasteiger partial charge is 0.382 e. The Morgan fingerprint density at radius 1 is 1.14 bits per heavy atom. The quantitative estimate of drug-likeness (QED) is 0.523. The van der Waals surface area contributed by atoms with Gasteiger partial charge >= 0.3 is 0 Å². The number of rotatable bonds is 13. The minimum absolute atomic E-state index is 0.0237. The highest BCUT2D eigenvalue weighted by atomic mass is 16.5. The lowest BCUT2D eigenvalue weighted by Crippen LogP contribution is -2.49. The van der Waals surface area contributed by atoms with E-state index in [9.17, 15) is 4.79 Å². The fraction of sp³-hybridized carbons (Fsp3) is 0.682. The predicted octanol–water partition coefficient (Wildman–Crippen LogP) is 2.54. The van der Waals surface area contributed by atoms with Gasteiger partial charge in [0.05, 0.1) is 32.5 Å². The normalized spacial score (nSPS) is 17.6. The van der Waals surface area contributed by atoms with Gasteiger partial charge in [-0.15, -0.1) is 0 Å². The van der Waals surface area contributed by atoms with Crippen LogP contribution in [0.15, 0.2) is 24.3 Å². The second-order valence-corrected chi connectivity index (χ2v) is 7.33. The molecule has 0 bridgehead atoms. The van der Waals surface area contributed by atoms with Gasteiger partial charge < -0.3 is 19.5 Å². The van der Waals surface area contributed by atoms with Crippen molar-refractivity contribution in [1.82, 2.24) is 10.2 Å². The first kappa shape index (κ1) is 22.8. The zero-order valence-electron chi connectivity index (χ0n) is 17.5. The van der Waals surface area contributed by atoms with E-state index in [4.69, 9.17) is 14.2 Å². The summed E-state index contributed by atoms with van der Waals surface area (Å²) in [7, 11) is 1.66. The summed E-state index contributed by atoms with van der Waals surface area (Å²) < 4.78 is 15.8. The number of hydrogen-bond donors (Lipinski definition) is 1. The predicted molar refractivity (Wildman–Crippen MR) is 110 cm³/mol. The molecule has 1 N–H and O–H groups in total. The minimum atomic E-state index is -0.0237. The molecule has 158 valence electrons. The first-order chi connectivity index (χ1) is 13.7. The standard InChI is InChI=1S/C22H36N2O4/c1-19-7-5-8-20(17-19)18-24-11-4-3-9-21(24)22(25)23-10-6-12-27-15-16-28-14-13-26-2/h5,7-8,17,21H,3-4,6,9-16,18H2,1-2H3,(H,23,25). The highest BCUT2D eigenvalue weighted by Crippen LogP contribution is 2.20. The highest BCUT2D eigenvalue weighted by molar-refractivity contribution is 5.81. The number of carbonyl (C=O) groups excluding carboxylic acids is 1. The van der Waals surface area contributed by atoms with Gasteiger partial charge in [0.2, 0.25) is 5.91 Å². The van der Waals surface area contributed by atoms with Crippen LogP contribution in [0.25, 0.3) is 0 Å². The monoisotopic (exact) mass is 392 g/mol. The Hall–Kier alpha value is -1.47.